The average Bonchev–Trinajstić information content (AvgIpc) is 3.25. The lowest BCUT2D eigenvalue weighted by Crippen LogP contribution is -2.21. The predicted octanol–water partition coefficient (Wildman–Crippen LogP) is 2.80. The van der Waals surface area contributed by atoms with Gasteiger partial charge in [-0.2, -0.15) is 4.98 Å². The Hall–Kier alpha value is -4.07. The summed E-state index contributed by atoms with van der Waals surface area (Å²) in [4.78, 5) is 24.8. The van der Waals surface area contributed by atoms with E-state index in [1.165, 1.54) is 13.2 Å². The first-order valence-electron chi connectivity index (χ1n) is 8.50. The highest BCUT2D eigenvalue weighted by Gasteiger charge is 2.15. The molecule has 2 aromatic heterocycles. The first kappa shape index (κ1) is 17.3. The maximum atomic E-state index is 11.9. The zero-order chi connectivity index (χ0) is 19.5. The normalized spacial score (nSPS) is 10.6. The Kier molecular flexibility index (Phi) is 4.51. The number of nitrogens with one attached hydrogen (secondary N) is 1. The van der Waals surface area contributed by atoms with Gasteiger partial charge in [0, 0.05) is 23.7 Å². The molecule has 28 heavy (non-hydrogen) atoms. The van der Waals surface area contributed by atoms with Gasteiger partial charge in [0.15, 0.2) is 11.5 Å². The van der Waals surface area contributed by atoms with Gasteiger partial charge in [0.1, 0.15) is 0 Å². The minimum absolute atomic E-state index is 0.0740. The lowest BCUT2D eigenvalue weighted by atomic mass is 10.1. The van der Waals surface area contributed by atoms with Crippen molar-refractivity contribution < 1.29 is 9.32 Å². The van der Waals surface area contributed by atoms with Gasteiger partial charge in [-0.1, -0.05) is 41.6 Å². The van der Waals surface area contributed by atoms with Crippen LogP contribution in [0.25, 0.3) is 34.1 Å². The molecule has 0 spiro atoms. The smallest absolute Gasteiger partial charge is 0.273 e. The number of nitrogen functional groups attached to an aromatic ring is 1. The molecule has 8 nitrogen and oxygen atoms in total. The highest BCUT2D eigenvalue weighted by molar-refractivity contribution is 5.96. The van der Waals surface area contributed by atoms with E-state index in [0.29, 0.717) is 17.4 Å². The van der Waals surface area contributed by atoms with E-state index in [2.05, 4.69) is 25.4 Å². The van der Waals surface area contributed by atoms with Gasteiger partial charge in [-0.15, -0.1) is 0 Å². The van der Waals surface area contributed by atoms with Crippen LogP contribution >= 0.6 is 0 Å². The molecule has 0 saturated heterocycles. The molecule has 138 valence electrons. The summed E-state index contributed by atoms with van der Waals surface area (Å²) < 4.78 is 5.37. The van der Waals surface area contributed by atoms with Crippen molar-refractivity contribution in [2.24, 2.45) is 0 Å². The van der Waals surface area contributed by atoms with Crippen LogP contribution in [-0.4, -0.2) is 33.1 Å². The molecule has 4 rings (SSSR count). The maximum absolute atomic E-state index is 11.9. The number of aromatic nitrogens is 4. The van der Waals surface area contributed by atoms with E-state index in [1.54, 1.807) is 0 Å². The van der Waals surface area contributed by atoms with Gasteiger partial charge >= 0.3 is 0 Å². The molecule has 0 fully saturated rings. The number of carbonyl (C=O) groups is 1. The standard InChI is InChI=1S/C20H16N6O2/c1-22-19(27)16-17(21)23-11-15(24-16)13-8-5-9-14(10-13)18-25-20(28-26-18)12-6-3-2-4-7-12/h2-11H,1H3,(H2,21,23)(H,22,27). The van der Waals surface area contributed by atoms with Gasteiger partial charge in [-0.05, 0) is 18.2 Å². The minimum atomic E-state index is -0.395. The van der Waals surface area contributed by atoms with E-state index >= 15 is 0 Å². The zero-order valence-corrected chi connectivity index (χ0v) is 15.0. The van der Waals surface area contributed by atoms with Crippen molar-refractivity contribution in [3.05, 3.63) is 66.5 Å². The molecule has 2 heterocycles. The molecule has 8 heteroatoms. The molecule has 1 amide bonds. The van der Waals surface area contributed by atoms with Crippen LogP contribution in [0.2, 0.25) is 0 Å². The van der Waals surface area contributed by atoms with E-state index in [4.69, 9.17) is 10.3 Å². The van der Waals surface area contributed by atoms with Crippen molar-refractivity contribution in [3.8, 4) is 34.1 Å². The summed E-state index contributed by atoms with van der Waals surface area (Å²) in [6.45, 7) is 0. The van der Waals surface area contributed by atoms with Crippen LogP contribution in [-0.2, 0) is 0 Å². The molecule has 0 bridgehead atoms. The molecular formula is C20H16N6O2. The van der Waals surface area contributed by atoms with Gasteiger partial charge in [0.25, 0.3) is 11.8 Å². The molecule has 3 N–H and O–H groups in total. The Balaban J connectivity index is 1.70. The Morgan fingerprint density at radius 3 is 2.54 bits per heavy atom. The van der Waals surface area contributed by atoms with E-state index in [9.17, 15) is 4.79 Å². The third kappa shape index (κ3) is 3.30. The van der Waals surface area contributed by atoms with Crippen molar-refractivity contribution >= 4 is 11.7 Å². The number of hydrogen-bond donors (Lipinski definition) is 2. The lowest BCUT2D eigenvalue weighted by molar-refractivity contribution is 0.0959. The quantitative estimate of drug-likeness (QED) is 0.565. The van der Waals surface area contributed by atoms with Crippen molar-refractivity contribution in [3.63, 3.8) is 0 Å². The average molecular weight is 372 g/mol. The number of nitrogens with zero attached hydrogens (tertiary/aromatic N) is 4. The van der Waals surface area contributed by atoms with E-state index < -0.39 is 5.91 Å². The summed E-state index contributed by atoms with van der Waals surface area (Å²) in [6, 6.07) is 17.0. The summed E-state index contributed by atoms with van der Waals surface area (Å²) in [7, 11) is 1.51. The fraction of sp³-hybridized carbons (Fsp3) is 0.0500. The number of nitrogens with two attached hydrogens (primary N) is 1. The molecule has 4 aromatic rings. The fourth-order valence-electron chi connectivity index (χ4n) is 2.68. The molecular weight excluding hydrogens is 356 g/mol. The van der Waals surface area contributed by atoms with E-state index in [0.717, 1.165) is 16.7 Å². The molecule has 0 aliphatic rings. The van der Waals surface area contributed by atoms with Gasteiger partial charge in [-0.3, -0.25) is 4.79 Å². The van der Waals surface area contributed by atoms with Crippen molar-refractivity contribution in [2.45, 2.75) is 0 Å². The number of benzene rings is 2. The second-order valence-electron chi connectivity index (χ2n) is 5.94. The predicted molar refractivity (Wildman–Crippen MR) is 104 cm³/mol. The van der Waals surface area contributed by atoms with Crippen molar-refractivity contribution in [1.82, 2.24) is 25.4 Å². The van der Waals surface area contributed by atoms with E-state index in [-0.39, 0.29) is 11.5 Å². The van der Waals surface area contributed by atoms with Gasteiger partial charge in [0.05, 0.1) is 11.9 Å². The first-order valence-corrected chi connectivity index (χ1v) is 8.50. The molecule has 0 radical (unpaired) electrons. The van der Waals surface area contributed by atoms with Gasteiger partial charge in [0.2, 0.25) is 5.82 Å². The number of anilines is 1. The lowest BCUT2D eigenvalue weighted by Gasteiger charge is -2.06. The summed E-state index contributed by atoms with van der Waals surface area (Å²) in [5.41, 5.74) is 8.70. The summed E-state index contributed by atoms with van der Waals surface area (Å²) in [5, 5.41) is 6.57. The van der Waals surface area contributed by atoms with Gasteiger partial charge < -0.3 is 15.6 Å². The number of hydrogen-bond acceptors (Lipinski definition) is 7. The zero-order valence-electron chi connectivity index (χ0n) is 15.0. The van der Waals surface area contributed by atoms with Crippen LogP contribution in [0.3, 0.4) is 0 Å². The SMILES string of the molecule is CNC(=O)c1nc(-c2cccc(-c3noc(-c4ccccc4)n3)c2)cnc1N. The fourth-order valence-corrected chi connectivity index (χ4v) is 2.68. The molecule has 0 atom stereocenters. The highest BCUT2D eigenvalue weighted by atomic mass is 16.5. The summed E-state index contributed by atoms with van der Waals surface area (Å²) in [5.74, 6) is 0.574. The summed E-state index contributed by atoms with van der Waals surface area (Å²) in [6.07, 6.45) is 1.52. The first-order chi connectivity index (χ1) is 13.7. The Morgan fingerprint density at radius 1 is 1.00 bits per heavy atom. The Labute approximate surface area is 160 Å². The van der Waals surface area contributed by atoms with Crippen LogP contribution in [0.5, 0.6) is 0 Å². The van der Waals surface area contributed by atoms with Crippen molar-refractivity contribution in [1.29, 1.82) is 0 Å². The third-order valence-corrected chi connectivity index (χ3v) is 4.11. The van der Waals surface area contributed by atoms with Crippen molar-refractivity contribution in [2.75, 3.05) is 12.8 Å². The second-order valence-corrected chi connectivity index (χ2v) is 5.94. The number of carbonyl (C=O) groups excluding carboxylic acids is 1. The molecule has 0 saturated carbocycles. The van der Waals surface area contributed by atoms with Gasteiger partial charge in [-0.25, -0.2) is 9.97 Å². The van der Waals surface area contributed by atoms with Crippen LogP contribution in [0.4, 0.5) is 5.82 Å². The Bertz CT molecular complexity index is 1140. The van der Waals surface area contributed by atoms with Crippen LogP contribution in [0, 0.1) is 0 Å². The van der Waals surface area contributed by atoms with Crippen LogP contribution < -0.4 is 11.1 Å². The summed E-state index contributed by atoms with van der Waals surface area (Å²) >= 11 is 0. The Morgan fingerprint density at radius 2 is 1.75 bits per heavy atom. The molecule has 0 unspecified atom stereocenters. The third-order valence-electron chi connectivity index (χ3n) is 4.11. The van der Waals surface area contributed by atoms with E-state index in [1.807, 2.05) is 54.6 Å². The molecule has 0 aliphatic carbocycles. The highest BCUT2D eigenvalue weighted by Crippen LogP contribution is 2.26. The topological polar surface area (TPSA) is 120 Å². The molecule has 0 aliphatic heterocycles. The van der Waals surface area contributed by atoms with Crippen LogP contribution in [0.15, 0.2) is 65.3 Å². The monoisotopic (exact) mass is 372 g/mol. The second kappa shape index (κ2) is 7.28. The largest absolute Gasteiger partial charge is 0.382 e. The number of rotatable bonds is 4. The number of amides is 1. The maximum Gasteiger partial charge on any atom is 0.273 e. The minimum Gasteiger partial charge on any atom is -0.382 e. The van der Waals surface area contributed by atoms with Crippen LogP contribution in [0.1, 0.15) is 10.5 Å². The molecule has 2 aromatic carbocycles.